The van der Waals surface area contributed by atoms with Gasteiger partial charge in [0, 0.05) is 37.7 Å². The van der Waals surface area contributed by atoms with Crippen molar-refractivity contribution >= 4 is 21.6 Å². The lowest BCUT2D eigenvalue weighted by Crippen LogP contribution is -2.40. The van der Waals surface area contributed by atoms with Crippen LogP contribution >= 0.6 is 0 Å². The molecule has 0 atom stereocenters. The van der Waals surface area contributed by atoms with Crippen LogP contribution in [0.15, 0.2) is 59.8 Å². The van der Waals surface area contributed by atoms with Gasteiger partial charge in [-0.3, -0.25) is 4.79 Å². The number of morpholine rings is 1. The molecule has 1 aliphatic heterocycles. The van der Waals surface area contributed by atoms with E-state index in [-0.39, 0.29) is 36.1 Å². The molecule has 0 bridgehead atoms. The van der Waals surface area contributed by atoms with Crippen molar-refractivity contribution in [3.8, 4) is 5.75 Å². The first-order chi connectivity index (χ1) is 16.4. The Bertz CT molecular complexity index is 1250. The number of rotatable bonds is 8. The number of benzene rings is 2. The molecular formula is C24H28N4O5S. The maximum absolute atomic E-state index is 13.1. The van der Waals surface area contributed by atoms with Gasteiger partial charge < -0.3 is 19.4 Å². The highest BCUT2D eigenvalue weighted by Crippen LogP contribution is 2.28. The number of amides is 1. The summed E-state index contributed by atoms with van der Waals surface area (Å²) < 4.78 is 40.3. The third kappa shape index (κ3) is 5.46. The van der Waals surface area contributed by atoms with Crippen LogP contribution in [0.25, 0.3) is 0 Å². The predicted octanol–water partition coefficient (Wildman–Crippen LogP) is 2.45. The second-order valence-electron chi connectivity index (χ2n) is 8.03. The van der Waals surface area contributed by atoms with Crippen LogP contribution in [0.4, 0.5) is 5.69 Å². The molecule has 4 rings (SSSR count). The molecule has 0 unspecified atom stereocenters. The third-order valence-corrected chi connectivity index (χ3v) is 7.61. The van der Waals surface area contributed by atoms with Crippen molar-refractivity contribution in [1.82, 2.24) is 13.9 Å². The molecule has 10 heteroatoms. The van der Waals surface area contributed by atoms with Gasteiger partial charge in [-0.1, -0.05) is 18.2 Å². The fourth-order valence-corrected chi connectivity index (χ4v) is 5.42. The van der Waals surface area contributed by atoms with Gasteiger partial charge in [0.05, 0.1) is 26.7 Å². The van der Waals surface area contributed by atoms with Crippen LogP contribution in [0.2, 0.25) is 0 Å². The number of hydrogen-bond acceptors (Lipinski definition) is 6. The number of carbonyl (C=O) groups is 1. The number of nitrogens with one attached hydrogen (secondary N) is 1. The molecule has 0 saturated carbocycles. The number of aromatic nitrogens is 2. The van der Waals surface area contributed by atoms with E-state index in [9.17, 15) is 13.2 Å². The number of ether oxygens (including phenoxy) is 2. The molecule has 1 N–H and O–H groups in total. The lowest BCUT2D eigenvalue weighted by Gasteiger charge is -2.26. The van der Waals surface area contributed by atoms with Gasteiger partial charge in [0.2, 0.25) is 15.9 Å². The molecule has 1 aliphatic rings. The smallest absolute Gasteiger partial charge is 0.246 e. The van der Waals surface area contributed by atoms with E-state index in [1.807, 2.05) is 42.0 Å². The highest BCUT2D eigenvalue weighted by Gasteiger charge is 2.29. The van der Waals surface area contributed by atoms with Gasteiger partial charge >= 0.3 is 0 Å². The maximum Gasteiger partial charge on any atom is 0.246 e. The summed E-state index contributed by atoms with van der Waals surface area (Å²) in [7, 11) is -2.33. The van der Waals surface area contributed by atoms with Crippen LogP contribution in [-0.4, -0.2) is 61.6 Å². The zero-order valence-corrected chi connectivity index (χ0v) is 20.0. The van der Waals surface area contributed by atoms with Crippen molar-refractivity contribution in [2.45, 2.75) is 24.8 Å². The number of methoxy groups -OCH3 is 1. The second kappa shape index (κ2) is 10.4. The lowest BCUT2D eigenvalue weighted by atomic mass is 10.1. The zero-order valence-electron chi connectivity index (χ0n) is 19.2. The van der Waals surface area contributed by atoms with Gasteiger partial charge in [0.25, 0.3) is 0 Å². The summed E-state index contributed by atoms with van der Waals surface area (Å²) in [6.45, 7) is 3.92. The van der Waals surface area contributed by atoms with Crippen LogP contribution in [-0.2, 0) is 32.5 Å². The fourth-order valence-electron chi connectivity index (χ4n) is 3.81. The van der Waals surface area contributed by atoms with Gasteiger partial charge in [-0.15, -0.1) is 0 Å². The summed E-state index contributed by atoms with van der Waals surface area (Å²) in [5.41, 5.74) is 2.34. The van der Waals surface area contributed by atoms with Crippen LogP contribution in [0.3, 0.4) is 0 Å². The molecule has 0 radical (unpaired) electrons. The molecule has 9 nitrogen and oxygen atoms in total. The Morgan fingerprint density at radius 2 is 1.82 bits per heavy atom. The summed E-state index contributed by atoms with van der Waals surface area (Å²) in [6.07, 6.45) is 3.72. The van der Waals surface area contributed by atoms with Crippen LogP contribution in [0.5, 0.6) is 5.75 Å². The number of sulfonamides is 1. The molecule has 0 spiro atoms. The van der Waals surface area contributed by atoms with Crippen molar-refractivity contribution in [3.63, 3.8) is 0 Å². The van der Waals surface area contributed by atoms with E-state index in [0.717, 1.165) is 11.4 Å². The molecule has 1 amide bonds. The Morgan fingerprint density at radius 1 is 1.12 bits per heavy atom. The van der Waals surface area contributed by atoms with Crippen LogP contribution < -0.4 is 10.1 Å². The average Bonchev–Trinajstić information content (AvgIpc) is 3.25. The number of aryl methyl sites for hydroxylation is 1. The minimum Gasteiger partial charge on any atom is -0.495 e. The standard InChI is InChI=1S/C24H28N4O5S/c1-18-25-9-10-27(18)17-19-3-6-21(7-4-19)26-24(29)16-20-5-8-22(32-2)23(15-20)34(30,31)28-11-13-33-14-12-28/h3-10,15H,11-14,16-17H2,1-2H3,(H,26,29). The van der Waals surface area contributed by atoms with E-state index >= 15 is 0 Å². The molecule has 1 fully saturated rings. The molecule has 0 aliphatic carbocycles. The number of anilines is 1. The molecule has 1 saturated heterocycles. The molecule has 34 heavy (non-hydrogen) atoms. The summed E-state index contributed by atoms with van der Waals surface area (Å²) in [6, 6.07) is 12.4. The van der Waals surface area contributed by atoms with Crippen molar-refractivity contribution < 1.29 is 22.7 Å². The van der Waals surface area contributed by atoms with E-state index in [0.29, 0.717) is 31.0 Å². The molecular weight excluding hydrogens is 456 g/mol. The summed E-state index contributed by atoms with van der Waals surface area (Å²) in [5, 5.41) is 2.87. The summed E-state index contributed by atoms with van der Waals surface area (Å²) in [5.74, 6) is 0.948. The Morgan fingerprint density at radius 3 is 2.47 bits per heavy atom. The SMILES string of the molecule is COc1ccc(CC(=O)Nc2ccc(Cn3ccnc3C)cc2)cc1S(=O)(=O)N1CCOCC1. The van der Waals surface area contributed by atoms with Crippen molar-refractivity contribution in [2.24, 2.45) is 0 Å². The van der Waals surface area contributed by atoms with Gasteiger partial charge in [-0.2, -0.15) is 4.31 Å². The molecule has 180 valence electrons. The highest BCUT2D eigenvalue weighted by atomic mass is 32.2. The maximum atomic E-state index is 13.1. The second-order valence-corrected chi connectivity index (χ2v) is 9.93. The van der Waals surface area contributed by atoms with E-state index in [1.165, 1.54) is 17.5 Å². The van der Waals surface area contributed by atoms with E-state index in [2.05, 4.69) is 10.3 Å². The van der Waals surface area contributed by atoms with Gasteiger partial charge in [-0.05, 0) is 42.3 Å². The Kier molecular flexibility index (Phi) is 7.30. The van der Waals surface area contributed by atoms with Crippen molar-refractivity contribution in [3.05, 3.63) is 71.8 Å². The molecule has 2 heterocycles. The summed E-state index contributed by atoms with van der Waals surface area (Å²) in [4.78, 5) is 16.9. The Balaban J connectivity index is 1.43. The van der Waals surface area contributed by atoms with Crippen LogP contribution in [0, 0.1) is 6.92 Å². The molecule has 2 aromatic carbocycles. The van der Waals surface area contributed by atoms with Crippen molar-refractivity contribution in [2.75, 3.05) is 38.7 Å². The number of imidazole rings is 1. The highest BCUT2D eigenvalue weighted by molar-refractivity contribution is 7.89. The minimum atomic E-state index is -3.76. The molecule has 1 aromatic heterocycles. The van der Waals surface area contributed by atoms with E-state index in [1.54, 1.807) is 18.3 Å². The summed E-state index contributed by atoms with van der Waals surface area (Å²) >= 11 is 0. The monoisotopic (exact) mass is 484 g/mol. The van der Waals surface area contributed by atoms with Gasteiger partial charge in [0.1, 0.15) is 16.5 Å². The zero-order chi connectivity index (χ0) is 24.1. The Labute approximate surface area is 199 Å². The topological polar surface area (TPSA) is 103 Å². The lowest BCUT2D eigenvalue weighted by molar-refractivity contribution is -0.115. The first-order valence-electron chi connectivity index (χ1n) is 11.0. The number of carbonyl (C=O) groups excluding carboxylic acids is 1. The quantitative estimate of drug-likeness (QED) is 0.527. The first-order valence-corrected chi connectivity index (χ1v) is 12.4. The average molecular weight is 485 g/mol. The number of nitrogens with zero attached hydrogens (tertiary/aromatic N) is 3. The number of hydrogen-bond donors (Lipinski definition) is 1. The van der Waals surface area contributed by atoms with E-state index < -0.39 is 10.0 Å². The third-order valence-electron chi connectivity index (χ3n) is 5.69. The Hall–Kier alpha value is -3.21. The van der Waals surface area contributed by atoms with E-state index in [4.69, 9.17) is 9.47 Å². The normalized spacial score (nSPS) is 14.6. The predicted molar refractivity (Wildman–Crippen MR) is 127 cm³/mol. The fraction of sp³-hybridized carbons (Fsp3) is 0.333. The van der Waals surface area contributed by atoms with Crippen molar-refractivity contribution in [1.29, 1.82) is 0 Å². The molecule has 3 aromatic rings. The largest absolute Gasteiger partial charge is 0.495 e. The first kappa shape index (κ1) is 23.9. The van der Waals surface area contributed by atoms with Gasteiger partial charge in [0.15, 0.2) is 0 Å². The van der Waals surface area contributed by atoms with Crippen LogP contribution in [0.1, 0.15) is 17.0 Å². The van der Waals surface area contributed by atoms with Gasteiger partial charge in [-0.25, -0.2) is 13.4 Å². The minimum absolute atomic E-state index is 0.0333.